The maximum Gasteiger partial charge on any atom is 0.320 e. The van der Waals surface area contributed by atoms with Gasteiger partial charge in [-0.05, 0) is 17.6 Å². The second-order valence-electron chi connectivity index (χ2n) is 1.96. The van der Waals surface area contributed by atoms with Gasteiger partial charge in [0.1, 0.15) is 0 Å². The maximum absolute atomic E-state index is 9.00. The van der Waals surface area contributed by atoms with Crippen LogP contribution in [0.3, 0.4) is 0 Å². The zero-order valence-corrected chi connectivity index (χ0v) is 5.28. The van der Waals surface area contributed by atoms with E-state index in [2.05, 4.69) is 4.98 Å². The number of aromatic nitrogens is 1. The molecule has 0 fully saturated rings. The molecule has 1 heterocycles. The van der Waals surface area contributed by atoms with E-state index in [0.29, 0.717) is 0 Å². The molecule has 0 amide bonds. The van der Waals surface area contributed by atoms with Crippen LogP contribution in [0.25, 0.3) is 0 Å². The smallest absolute Gasteiger partial charge is 0.320 e. The van der Waals surface area contributed by atoms with Crippen molar-refractivity contribution < 1.29 is 5.02 Å². The second kappa shape index (κ2) is 2.64. The van der Waals surface area contributed by atoms with Crippen molar-refractivity contribution in [2.75, 3.05) is 0 Å². The Morgan fingerprint density at radius 1 is 1.44 bits per heavy atom. The van der Waals surface area contributed by atoms with Gasteiger partial charge in [-0.3, -0.25) is 4.98 Å². The molecular weight excluding hydrogens is 113 g/mol. The molecule has 1 rings (SSSR count). The normalized spacial score (nSPS) is 9.11. The highest BCUT2D eigenvalue weighted by molar-refractivity contribution is 6.64. The first-order valence-corrected chi connectivity index (χ1v) is 2.88. The van der Waals surface area contributed by atoms with Gasteiger partial charge in [-0.25, -0.2) is 0 Å². The third-order valence-corrected chi connectivity index (χ3v) is 1.19. The Morgan fingerprint density at radius 2 is 2.00 bits per heavy atom. The lowest BCUT2D eigenvalue weighted by molar-refractivity contribution is 0.594. The van der Waals surface area contributed by atoms with Crippen molar-refractivity contribution in [3.05, 3.63) is 24.5 Å². The average molecular weight is 121 g/mol. The molecular formula is C6H8BNO. The highest BCUT2D eigenvalue weighted by atomic mass is 16.2. The molecule has 9 heavy (non-hydrogen) atoms. The van der Waals surface area contributed by atoms with Gasteiger partial charge in [0.05, 0.1) is 0 Å². The molecule has 0 aliphatic rings. The first-order valence-electron chi connectivity index (χ1n) is 2.88. The Kier molecular flexibility index (Phi) is 1.85. The number of rotatable bonds is 1. The summed E-state index contributed by atoms with van der Waals surface area (Å²) in [4.78, 5) is 3.82. The van der Waals surface area contributed by atoms with E-state index >= 15 is 0 Å². The van der Waals surface area contributed by atoms with Crippen LogP contribution >= 0.6 is 0 Å². The van der Waals surface area contributed by atoms with E-state index in [0.717, 1.165) is 5.46 Å². The Balaban J connectivity index is 2.85. The summed E-state index contributed by atoms with van der Waals surface area (Å²) in [6.07, 6.45) is 3.34. The predicted molar refractivity (Wildman–Crippen MR) is 37.7 cm³/mol. The molecule has 0 saturated heterocycles. The van der Waals surface area contributed by atoms with Crippen molar-refractivity contribution in [3.8, 4) is 0 Å². The summed E-state index contributed by atoms with van der Waals surface area (Å²) in [5, 5.41) is 9.00. The first-order chi connectivity index (χ1) is 4.30. The van der Waals surface area contributed by atoms with Gasteiger partial charge >= 0.3 is 6.92 Å². The number of hydrogen-bond donors (Lipinski definition) is 1. The van der Waals surface area contributed by atoms with Crippen LogP contribution in [0.2, 0.25) is 6.82 Å². The summed E-state index contributed by atoms with van der Waals surface area (Å²) in [5.41, 5.74) is 0.907. The van der Waals surface area contributed by atoms with Gasteiger partial charge in [-0.2, -0.15) is 0 Å². The number of nitrogens with zero attached hydrogens (tertiary/aromatic N) is 1. The molecule has 2 nitrogen and oxygen atoms in total. The third kappa shape index (κ3) is 1.54. The van der Waals surface area contributed by atoms with E-state index in [1.807, 2.05) is 0 Å². The van der Waals surface area contributed by atoms with Crippen molar-refractivity contribution in [1.82, 2.24) is 4.98 Å². The molecule has 1 aromatic rings. The van der Waals surface area contributed by atoms with Gasteiger partial charge in [0, 0.05) is 12.4 Å². The fourth-order valence-electron chi connectivity index (χ4n) is 0.642. The predicted octanol–water partition coefficient (Wildman–Crippen LogP) is -0.0978. The van der Waals surface area contributed by atoms with Crippen LogP contribution < -0.4 is 5.46 Å². The lowest BCUT2D eigenvalue weighted by Gasteiger charge is -1.95. The Labute approximate surface area is 54.7 Å². The maximum atomic E-state index is 9.00. The summed E-state index contributed by atoms with van der Waals surface area (Å²) >= 11 is 0. The van der Waals surface area contributed by atoms with Gasteiger partial charge in [0.15, 0.2) is 0 Å². The minimum atomic E-state index is -0.381. The molecule has 0 aliphatic carbocycles. The zero-order valence-electron chi connectivity index (χ0n) is 5.28. The summed E-state index contributed by atoms with van der Waals surface area (Å²) in [7, 11) is 0. The van der Waals surface area contributed by atoms with E-state index in [-0.39, 0.29) is 6.92 Å². The molecule has 0 aliphatic heterocycles. The van der Waals surface area contributed by atoms with E-state index in [1.165, 1.54) is 0 Å². The molecule has 1 aromatic heterocycles. The van der Waals surface area contributed by atoms with E-state index in [9.17, 15) is 0 Å². The first kappa shape index (κ1) is 6.30. The van der Waals surface area contributed by atoms with Gasteiger partial charge in [-0.15, -0.1) is 0 Å². The van der Waals surface area contributed by atoms with Gasteiger partial charge in [0.2, 0.25) is 0 Å². The molecule has 1 N–H and O–H groups in total. The lowest BCUT2D eigenvalue weighted by atomic mass is 9.65. The minimum absolute atomic E-state index is 0.381. The SMILES string of the molecule is CB(O)c1ccncc1. The van der Waals surface area contributed by atoms with Crippen LogP contribution in [0.1, 0.15) is 0 Å². The zero-order chi connectivity index (χ0) is 6.69. The molecule has 0 aromatic carbocycles. The Morgan fingerprint density at radius 3 is 2.33 bits per heavy atom. The molecule has 3 heteroatoms. The average Bonchev–Trinajstić information content (AvgIpc) is 1.90. The van der Waals surface area contributed by atoms with E-state index in [1.54, 1.807) is 31.3 Å². The highest BCUT2D eigenvalue weighted by Gasteiger charge is 2.02. The Bertz CT molecular complexity index is 176. The van der Waals surface area contributed by atoms with Crippen LogP contribution in [-0.2, 0) is 0 Å². The highest BCUT2D eigenvalue weighted by Crippen LogP contribution is 1.79. The third-order valence-electron chi connectivity index (χ3n) is 1.19. The molecule has 0 atom stereocenters. The summed E-state index contributed by atoms with van der Waals surface area (Å²) < 4.78 is 0. The molecule has 0 radical (unpaired) electrons. The van der Waals surface area contributed by atoms with Crippen molar-refractivity contribution in [2.45, 2.75) is 6.82 Å². The molecule has 0 spiro atoms. The van der Waals surface area contributed by atoms with E-state index < -0.39 is 0 Å². The molecule has 0 saturated carbocycles. The molecule has 0 bridgehead atoms. The summed E-state index contributed by atoms with van der Waals surface area (Å²) in [6.45, 7) is 1.35. The van der Waals surface area contributed by atoms with Gasteiger partial charge < -0.3 is 5.02 Å². The van der Waals surface area contributed by atoms with Crippen LogP contribution in [0.4, 0.5) is 0 Å². The quantitative estimate of drug-likeness (QED) is 0.526. The van der Waals surface area contributed by atoms with Crippen LogP contribution in [0.5, 0.6) is 0 Å². The second-order valence-corrected chi connectivity index (χ2v) is 1.96. The fourth-order valence-corrected chi connectivity index (χ4v) is 0.642. The van der Waals surface area contributed by atoms with Gasteiger partial charge in [0.25, 0.3) is 0 Å². The lowest BCUT2D eigenvalue weighted by Crippen LogP contribution is -2.25. The summed E-state index contributed by atoms with van der Waals surface area (Å²) in [6, 6.07) is 3.59. The van der Waals surface area contributed by atoms with Crippen LogP contribution in [0.15, 0.2) is 24.5 Å². The monoisotopic (exact) mass is 121 g/mol. The Hall–Kier alpha value is -0.825. The number of pyridine rings is 1. The number of hydrogen-bond acceptors (Lipinski definition) is 2. The summed E-state index contributed by atoms with van der Waals surface area (Å²) in [5.74, 6) is 0. The minimum Gasteiger partial charge on any atom is -0.446 e. The van der Waals surface area contributed by atoms with Gasteiger partial charge in [-0.1, -0.05) is 6.82 Å². The topological polar surface area (TPSA) is 33.1 Å². The van der Waals surface area contributed by atoms with Crippen molar-refractivity contribution in [1.29, 1.82) is 0 Å². The fraction of sp³-hybridized carbons (Fsp3) is 0.167. The van der Waals surface area contributed by atoms with Crippen molar-refractivity contribution >= 4 is 12.4 Å². The van der Waals surface area contributed by atoms with Crippen molar-refractivity contribution in [2.24, 2.45) is 0 Å². The molecule has 0 unspecified atom stereocenters. The van der Waals surface area contributed by atoms with E-state index in [4.69, 9.17) is 5.02 Å². The standard InChI is InChI=1S/C6H8BNO/c1-7(9)6-2-4-8-5-3-6/h2-5,9H,1H3. The van der Waals surface area contributed by atoms with Crippen LogP contribution in [-0.4, -0.2) is 16.9 Å². The molecule has 46 valence electrons. The van der Waals surface area contributed by atoms with Crippen molar-refractivity contribution in [3.63, 3.8) is 0 Å². The largest absolute Gasteiger partial charge is 0.446 e. The van der Waals surface area contributed by atoms with Crippen LogP contribution in [0, 0.1) is 0 Å².